The summed E-state index contributed by atoms with van der Waals surface area (Å²) in [5.74, 6) is 0.934. The second kappa shape index (κ2) is 10.8. The van der Waals surface area contributed by atoms with E-state index in [0.717, 1.165) is 34.9 Å². The average Bonchev–Trinajstić information content (AvgIpc) is 3.18. The Morgan fingerprint density at radius 3 is 2.45 bits per heavy atom. The maximum Gasteiger partial charge on any atom is 0.220 e. The van der Waals surface area contributed by atoms with E-state index in [1.54, 1.807) is 11.3 Å². The largest absolute Gasteiger partial charge is 0.494 e. The zero-order valence-electron chi connectivity index (χ0n) is 17.1. The predicted octanol–water partition coefficient (Wildman–Crippen LogP) is 5.20. The molecule has 0 radical (unpaired) electrons. The Labute approximate surface area is 177 Å². The molecule has 29 heavy (non-hydrogen) atoms. The van der Waals surface area contributed by atoms with E-state index < -0.39 is 0 Å². The van der Waals surface area contributed by atoms with Crippen LogP contribution in [0.3, 0.4) is 0 Å². The van der Waals surface area contributed by atoms with Crippen molar-refractivity contribution in [2.45, 2.75) is 39.5 Å². The third-order valence-electron chi connectivity index (χ3n) is 4.75. The molecule has 0 aliphatic heterocycles. The van der Waals surface area contributed by atoms with Gasteiger partial charge in [-0.05, 0) is 49.4 Å². The molecule has 2 aromatic carbocycles. The van der Waals surface area contributed by atoms with Gasteiger partial charge in [0.15, 0.2) is 0 Å². The van der Waals surface area contributed by atoms with Gasteiger partial charge in [-0.3, -0.25) is 4.79 Å². The molecule has 0 aliphatic carbocycles. The van der Waals surface area contributed by atoms with Crippen molar-refractivity contribution >= 4 is 17.2 Å². The molecule has 3 aromatic rings. The molecule has 0 atom stereocenters. The van der Waals surface area contributed by atoms with Crippen molar-refractivity contribution in [3.8, 4) is 17.0 Å². The van der Waals surface area contributed by atoms with E-state index in [0.29, 0.717) is 26.0 Å². The van der Waals surface area contributed by atoms with Crippen molar-refractivity contribution in [2.24, 2.45) is 0 Å². The zero-order valence-corrected chi connectivity index (χ0v) is 17.9. The van der Waals surface area contributed by atoms with Crippen LogP contribution in [0.5, 0.6) is 5.75 Å². The number of benzene rings is 2. The maximum absolute atomic E-state index is 12.0. The molecule has 0 aliphatic rings. The molecule has 0 spiro atoms. The van der Waals surface area contributed by atoms with Crippen LogP contribution in [0.2, 0.25) is 0 Å². The third-order valence-corrected chi connectivity index (χ3v) is 5.53. The van der Waals surface area contributed by atoms with E-state index in [4.69, 9.17) is 4.74 Å². The number of nitrogens with one attached hydrogen (secondary N) is 1. The lowest BCUT2D eigenvalue weighted by atomic mass is 10.1. The molecular formula is C24H28N2O2S. The number of hydrogen-bond donors (Lipinski definition) is 1. The molecule has 0 bridgehead atoms. The predicted molar refractivity (Wildman–Crippen MR) is 120 cm³/mol. The molecule has 0 fully saturated rings. The second-order valence-electron chi connectivity index (χ2n) is 7.00. The van der Waals surface area contributed by atoms with E-state index in [1.165, 1.54) is 11.1 Å². The van der Waals surface area contributed by atoms with Gasteiger partial charge in [-0.2, -0.15) is 0 Å². The van der Waals surface area contributed by atoms with Gasteiger partial charge in [0.2, 0.25) is 5.91 Å². The fourth-order valence-electron chi connectivity index (χ4n) is 3.02. The highest BCUT2D eigenvalue weighted by atomic mass is 32.1. The standard InChI is InChI=1S/C24H28N2O2S/c1-3-19-8-12-22(13-9-19)28-16-4-5-24(27)25-15-14-20-6-10-21(11-7-20)23-17-29-18(2)26-23/h6-13,17H,3-5,14-16H2,1-2H3,(H,25,27). The summed E-state index contributed by atoms with van der Waals surface area (Å²) in [5.41, 5.74) is 4.66. The maximum atomic E-state index is 12.0. The van der Waals surface area contributed by atoms with Gasteiger partial charge >= 0.3 is 0 Å². The minimum absolute atomic E-state index is 0.0736. The molecule has 1 N–H and O–H groups in total. The number of rotatable bonds is 10. The fraction of sp³-hybridized carbons (Fsp3) is 0.333. The SMILES string of the molecule is CCc1ccc(OCCCC(=O)NCCc2ccc(-c3csc(C)n3)cc2)cc1. The molecule has 152 valence electrons. The molecule has 0 unspecified atom stereocenters. The molecular weight excluding hydrogens is 380 g/mol. The van der Waals surface area contributed by atoms with Crippen LogP contribution in [0.25, 0.3) is 11.3 Å². The van der Waals surface area contributed by atoms with Crippen molar-refractivity contribution in [3.63, 3.8) is 0 Å². The molecule has 1 heterocycles. The van der Waals surface area contributed by atoms with Gasteiger partial charge in [-0.1, -0.05) is 43.3 Å². The van der Waals surface area contributed by atoms with Gasteiger partial charge in [0, 0.05) is 23.9 Å². The quantitative estimate of drug-likeness (QED) is 0.469. The van der Waals surface area contributed by atoms with Crippen LogP contribution in [0.1, 0.15) is 35.9 Å². The highest BCUT2D eigenvalue weighted by Crippen LogP contribution is 2.21. The molecule has 5 heteroatoms. The Hall–Kier alpha value is -2.66. The van der Waals surface area contributed by atoms with Crippen LogP contribution in [0.4, 0.5) is 0 Å². The number of thiazole rings is 1. The highest BCUT2D eigenvalue weighted by Gasteiger charge is 2.04. The van der Waals surface area contributed by atoms with Gasteiger partial charge in [0.25, 0.3) is 0 Å². The zero-order chi connectivity index (χ0) is 20.5. The van der Waals surface area contributed by atoms with E-state index in [1.807, 2.05) is 19.1 Å². The number of carbonyl (C=O) groups excluding carboxylic acids is 1. The van der Waals surface area contributed by atoms with Crippen LogP contribution >= 0.6 is 11.3 Å². The molecule has 0 saturated heterocycles. The summed E-state index contributed by atoms with van der Waals surface area (Å²) < 4.78 is 5.69. The topological polar surface area (TPSA) is 51.2 Å². The lowest BCUT2D eigenvalue weighted by molar-refractivity contribution is -0.121. The summed E-state index contributed by atoms with van der Waals surface area (Å²) in [5, 5.41) is 6.14. The normalized spacial score (nSPS) is 10.7. The van der Waals surface area contributed by atoms with Crippen LogP contribution in [-0.2, 0) is 17.6 Å². The van der Waals surface area contributed by atoms with E-state index >= 15 is 0 Å². The molecule has 4 nitrogen and oxygen atoms in total. The lowest BCUT2D eigenvalue weighted by Gasteiger charge is -2.08. The summed E-state index contributed by atoms with van der Waals surface area (Å²) in [4.78, 5) is 16.5. The van der Waals surface area contributed by atoms with Crippen LogP contribution in [0, 0.1) is 6.92 Å². The summed E-state index contributed by atoms with van der Waals surface area (Å²) in [6, 6.07) is 16.5. The van der Waals surface area contributed by atoms with Crippen LogP contribution < -0.4 is 10.1 Å². The van der Waals surface area contributed by atoms with Gasteiger partial charge < -0.3 is 10.1 Å². The number of amides is 1. The highest BCUT2D eigenvalue weighted by molar-refractivity contribution is 7.09. The molecule has 3 rings (SSSR count). The average molecular weight is 409 g/mol. The third kappa shape index (κ3) is 6.71. The number of nitrogens with zero attached hydrogens (tertiary/aromatic N) is 1. The lowest BCUT2D eigenvalue weighted by Crippen LogP contribution is -2.25. The Balaban J connectivity index is 1.31. The summed E-state index contributed by atoms with van der Waals surface area (Å²) >= 11 is 1.66. The Bertz CT molecular complexity index is 901. The molecule has 1 aromatic heterocycles. The first-order valence-electron chi connectivity index (χ1n) is 10.1. The Kier molecular flexibility index (Phi) is 7.82. The number of carbonyl (C=O) groups is 1. The minimum atomic E-state index is 0.0736. The first kappa shape index (κ1) is 21.1. The van der Waals surface area contributed by atoms with Crippen molar-refractivity contribution in [3.05, 3.63) is 70.0 Å². The van der Waals surface area contributed by atoms with Crippen molar-refractivity contribution in [2.75, 3.05) is 13.2 Å². The smallest absolute Gasteiger partial charge is 0.220 e. The van der Waals surface area contributed by atoms with Crippen LogP contribution in [-0.4, -0.2) is 24.0 Å². The summed E-state index contributed by atoms with van der Waals surface area (Å²) in [6.07, 6.45) is 3.04. The Morgan fingerprint density at radius 1 is 1.07 bits per heavy atom. The summed E-state index contributed by atoms with van der Waals surface area (Å²) in [6.45, 7) is 5.34. The summed E-state index contributed by atoms with van der Waals surface area (Å²) in [7, 11) is 0. The first-order valence-corrected chi connectivity index (χ1v) is 11.0. The van der Waals surface area contributed by atoms with Gasteiger partial charge in [0.05, 0.1) is 17.3 Å². The van der Waals surface area contributed by atoms with Gasteiger partial charge in [-0.25, -0.2) is 4.98 Å². The van der Waals surface area contributed by atoms with Gasteiger partial charge in [-0.15, -0.1) is 11.3 Å². The van der Waals surface area contributed by atoms with Crippen molar-refractivity contribution < 1.29 is 9.53 Å². The van der Waals surface area contributed by atoms with Gasteiger partial charge in [0.1, 0.15) is 5.75 Å². The van der Waals surface area contributed by atoms with Crippen LogP contribution in [0.15, 0.2) is 53.9 Å². The van der Waals surface area contributed by atoms with Crippen molar-refractivity contribution in [1.29, 1.82) is 0 Å². The number of ether oxygens (including phenoxy) is 1. The monoisotopic (exact) mass is 408 g/mol. The van der Waals surface area contributed by atoms with E-state index in [-0.39, 0.29) is 5.91 Å². The molecule has 1 amide bonds. The second-order valence-corrected chi connectivity index (χ2v) is 8.06. The number of hydrogen-bond acceptors (Lipinski definition) is 4. The first-order chi connectivity index (χ1) is 14.1. The number of aromatic nitrogens is 1. The Morgan fingerprint density at radius 2 is 1.79 bits per heavy atom. The fourth-order valence-corrected chi connectivity index (χ4v) is 3.64. The van der Waals surface area contributed by atoms with E-state index in [2.05, 4.69) is 59.0 Å². The molecule has 0 saturated carbocycles. The van der Waals surface area contributed by atoms with Crippen molar-refractivity contribution in [1.82, 2.24) is 10.3 Å². The minimum Gasteiger partial charge on any atom is -0.494 e. The van der Waals surface area contributed by atoms with E-state index in [9.17, 15) is 4.79 Å². The number of aryl methyl sites for hydroxylation is 2.